The van der Waals surface area contributed by atoms with Crippen molar-refractivity contribution in [3.8, 4) is 0 Å². The fourth-order valence-corrected chi connectivity index (χ4v) is 1.68. The molecule has 1 aliphatic rings. The Hall–Kier alpha value is -0.820. The first-order valence-electron chi connectivity index (χ1n) is 5.49. The predicted molar refractivity (Wildman–Crippen MR) is 55.1 cm³/mol. The Kier molecular flexibility index (Phi) is 4.03. The molecule has 0 bridgehead atoms. The van der Waals surface area contributed by atoms with Crippen LogP contribution in [0.4, 0.5) is 13.2 Å². The minimum Gasteiger partial charge on any atom is -0.393 e. The molecule has 0 aromatic carbocycles. The first-order valence-corrected chi connectivity index (χ1v) is 5.49. The number of hydrogen-bond donors (Lipinski definition) is 3. The van der Waals surface area contributed by atoms with Gasteiger partial charge in [-0.1, -0.05) is 0 Å². The van der Waals surface area contributed by atoms with E-state index in [4.69, 9.17) is 5.73 Å². The second kappa shape index (κ2) is 4.81. The molecule has 1 rings (SSSR count). The molecule has 1 aliphatic carbocycles. The Labute approximate surface area is 97.4 Å². The van der Waals surface area contributed by atoms with Crippen LogP contribution in [-0.4, -0.2) is 34.9 Å². The van der Waals surface area contributed by atoms with Gasteiger partial charge in [-0.25, -0.2) is 0 Å². The summed E-state index contributed by atoms with van der Waals surface area (Å²) in [7, 11) is 0. The van der Waals surface area contributed by atoms with E-state index in [1.807, 2.05) is 0 Å². The molecule has 1 amide bonds. The van der Waals surface area contributed by atoms with E-state index >= 15 is 0 Å². The van der Waals surface area contributed by atoms with E-state index in [1.54, 1.807) is 0 Å². The molecule has 4 N–H and O–H groups in total. The summed E-state index contributed by atoms with van der Waals surface area (Å²) < 4.78 is 37.4. The van der Waals surface area contributed by atoms with Crippen molar-refractivity contribution in [1.29, 1.82) is 0 Å². The second-order valence-corrected chi connectivity index (χ2v) is 4.68. The van der Waals surface area contributed by atoms with Gasteiger partial charge < -0.3 is 16.2 Å². The lowest BCUT2D eigenvalue weighted by Gasteiger charge is -2.31. The number of carbonyl (C=O) groups excluding carboxylic acids is 1. The smallest absolute Gasteiger partial charge is 0.393 e. The highest BCUT2D eigenvalue weighted by Crippen LogP contribution is 2.28. The molecule has 0 saturated heterocycles. The zero-order valence-corrected chi connectivity index (χ0v) is 9.55. The van der Waals surface area contributed by atoms with Crippen molar-refractivity contribution in [2.75, 3.05) is 0 Å². The van der Waals surface area contributed by atoms with E-state index < -0.39 is 23.7 Å². The highest BCUT2D eigenvalue weighted by Gasteiger charge is 2.54. The molecule has 1 fully saturated rings. The standard InChI is InChI=1S/C10H17F3N2O2/c1-9(14,10(11,12)13)8(17)15-6-2-4-7(16)5-3-6/h6-7,16H,2-5,14H2,1H3,(H,15,17). The van der Waals surface area contributed by atoms with Crippen LogP contribution < -0.4 is 11.1 Å². The summed E-state index contributed by atoms with van der Waals surface area (Å²) in [6, 6.07) is -0.337. The van der Waals surface area contributed by atoms with Gasteiger partial charge in [-0.15, -0.1) is 0 Å². The summed E-state index contributed by atoms with van der Waals surface area (Å²) in [6.07, 6.45) is -3.28. The summed E-state index contributed by atoms with van der Waals surface area (Å²) in [5, 5.41) is 11.5. The van der Waals surface area contributed by atoms with E-state index in [0.29, 0.717) is 32.6 Å². The van der Waals surface area contributed by atoms with Gasteiger partial charge in [0.15, 0.2) is 5.54 Å². The van der Waals surface area contributed by atoms with Gasteiger partial charge in [-0.2, -0.15) is 13.2 Å². The van der Waals surface area contributed by atoms with Gasteiger partial charge in [0.2, 0.25) is 5.91 Å². The van der Waals surface area contributed by atoms with Crippen LogP contribution in [0.3, 0.4) is 0 Å². The lowest BCUT2D eigenvalue weighted by molar-refractivity contribution is -0.188. The number of amides is 1. The Morgan fingerprint density at radius 3 is 2.18 bits per heavy atom. The minimum atomic E-state index is -4.77. The van der Waals surface area contributed by atoms with Crippen LogP contribution in [0.1, 0.15) is 32.6 Å². The average Bonchev–Trinajstić information content (AvgIpc) is 2.19. The summed E-state index contributed by atoms with van der Waals surface area (Å²) in [5.41, 5.74) is 2.12. The number of carbonyl (C=O) groups is 1. The Morgan fingerprint density at radius 1 is 1.29 bits per heavy atom. The first kappa shape index (κ1) is 14.2. The van der Waals surface area contributed by atoms with Gasteiger partial charge in [-0.3, -0.25) is 4.79 Å². The molecule has 4 nitrogen and oxygen atoms in total. The third-order valence-electron chi connectivity index (χ3n) is 3.09. The molecule has 0 spiro atoms. The Morgan fingerprint density at radius 2 is 1.76 bits per heavy atom. The number of nitrogens with one attached hydrogen (secondary N) is 1. The van der Waals surface area contributed by atoms with E-state index in [-0.39, 0.29) is 6.04 Å². The molecule has 0 aromatic rings. The van der Waals surface area contributed by atoms with Gasteiger partial charge in [0.05, 0.1) is 6.10 Å². The molecule has 0 aliphatic heterocycles. The van der Waals surface area contributed by atoms with Crippen molar-refractivity contribution in [3.05, 3.63) is 0 Å². The predicted octanol–water partition coefficient (Wildman–Crippen LogP) is 0.686. The Balaban J connectivity index is 2.55. The van der Waals surface area contributed by atoms with E-state index in [1.165, 1.54) is 0 Å². The number of halogens is 3. The molecule has 0 radical (unpaired) electrons. The largest absolute Gasteiger partial charge is 0.415 e. The van der Waals surface area contributed by atoms with Crippen molar-refractivity contribution >= 4 is 5.91 Å². The molecule has 7 heteroatoms. The van der Waals surface area contributed by atoms with Crippen molar-refractivity contribution in [1.82, 2.24) is 5.32 Å². The molecule has 0 heterocycles. The maximum absolute atomic E-state index is 12.5. The lowest BCUT2D eigenvalue weighted by atomic mass is 9.92. The zero-order valence-electron chi connectivity index (χ0n) is 9.55. The monoisotopic (exact) mass is 254 g/mol. The molecule has 1 atom stereocenters. The van der Waals surface area contributed by atoms with Gasteiger partial charge in [0.1, 0.15) is 0 Å². The van der Waals surface area contributed by atoms with Crippen molar-refractivity contribution in [2.45, 2.75) is 56.5 Å². The molecule has 0 aromatic heterocycles. The summed E-state index contributed by atoms with van der Waals surface area (Å²) in [4.78, 5) is 11.4. The van der Waals surface area contributed by atoms with Crippen LogP contribution in [0.15, 0.2) is 0 Å². The highest BCUT2D eigenvalue weighted by atomic mass is 19.4. The molecular weight excluding hydrogens is 237 g/mol. The minimum absolute atomic E-state index is 0.337. The van der Waals surface area contributed by atoms with Crippen molar-refractivity contribution in [3.63, 3.8) is 0 Å². The lowest BCUT2D eigenvalue weighted by Crippen LogP contribution is -2.62. The fourth-order valence-electron chi connectivity index (χ4n) is 1.68. The summed E-state index contributed by atoms with van der Waals surface area (Å²) in [6.45, 7) is 0.653. The molecule has 100 valence electrons. The van der Waals surface area contributed by atoms with Crippen LogP contribution in [0.25, 0.3) is 0 Å². The highest BCUT2D eigenvalue weighted by molar-refractivity contribution is 5.86. The van der Waals surface area contributed by atoms with Crippen LogP contribution >= 0.6 is 0 Å². The second-order valence-electron chi connectivity index (χ2n) is 4.68. The summed E-state index contributed by atoms with van der Waals surface area (Å²) >= 11 is 0. The molecule has 1 saturated carbocycles. The number of nitrogens with two attached hydrogens (primary N) is 1. The number of hydrogen-bond acceptors (Lipinski definition) is 3. The quantitative estimate of drug-likeness (QED) is 0.678. The fraction of sp³-hybridized carbons (Fsp3) is 0.900. The van der Waals surface area contributed by atoms with Crippen LogP contribution in [0.2, 0.25) is 0 Å². The van der Waals surface area contributed by atoms with Crippen LogP contribution in [-0.2, 0) is 4.79 Å². The maximum atomic E-state index is 12.5. The molecular formula is C10H17F3N2O2. The third kappa shape index (κ3) is 3.32. The van der Waals surface area contributed by atoms with E-state index in [2.05, 4.69) is 5.32 Å². The number of aliphatic hydroxyl groups is 1. The third-order valence-corrected chi connectivity index (χ3v) is 3.09. The molecule has 1 unspecified atom stereocenters. The Bertz CT molecular complexity index is 284. The normalized spacial score (nSPS) is 29.5. The van der Waals surface area contributed by atoms with E-state index in [0.717, 1.165) is 0 Å². The van der Waals surface area contributed by atoms with Crippen molar-refractivity contribution < 1.29 is 23.1 Å². The van der Waals surface area contributed by atoms with Gasteiger partial charge >= 0.3 is 6.18 Å². The van der Waals surface area contributed by atoms with Gasteiger partial charge in [0, 0.05) is 6.04 Å². The number of rotatable bonds is 2. The average molecular weight is 254 g/mol. The number of aliphatic hydroxyl groups excluding tert-OH is 1. The van der Waals surface area contributed by atoms with Crippen LogP contribution in [0, 0.1) is 0 Å². The van der Waals surface area contributed by atoms with Gasteiger partial charge in [0.25, 0.3) is 0 Å². The SMILES string of the molecule is CC(N)(C(=O)NC1CCC(O)CC1)C(F)(F)F. The number of alkyl halides is 3. The molecule has 17 heavy (non-hydrogen) atoms. The van der Waals surface area contributed by atoms with Crippen LogP contribution in [0.5, 0.6) is 0 Å². The summed E-state index contributed by atoms with van der Waals surface area (Å²) in [5.74, 6) is -1.22. The zero-order chi connectivity index (χ0) is 13.3. The maximum Gasteiger partial charge on any atom is 0.415 e. The topological polar surface area (TPSA) is 75.4 Å². The van der Waals surface area contributed by atoms with Gasteiger partial charge in [-0.05, 0) is 32.6 Å². The van der Waals surface area contributed by atoms with E-state index in [9.17, 15) is 23.1 Å². The van der Waals surface area contributed by atoms with Crippen molar-refractivity contribution in [2.24, 2.45) is 5.73 Å². The first-order chi connectivity index (χ1) is 7.64.